The molecule has 1 heterocycles. The van der Waals surface area contributed by atoms with E-state index in [0.29, 0.717) is 22.9 Å². The number of amides is 2. The van der Waals surface area contributed by atoms with Crippen LogP contribution >= 0.6 is 11.6 Å². The topological polar surface area (TPSA) is 64.7 Å². The van der Waals surface area contributed by atoms with Gasteiger partial charge in [0.25, 0.3) is 0 Å². The summed E-state index contributed by atoms with van der Waals surface area (Å²) in [6.07, 6.45) is 0.727. The number of halogens is 2. The highest BCUT2D eigenvalue weighted by Crippen LogP contribution is 2.21. The maximum atomic E-state index is 13.9. The van der Waals surface area contributed by atoms with Crippen molar-refractivity contribution in [1.82, 2.24) is 10.2 Å². The van der Waals surface area contributed by atoms with Crippen molar-refractivity contribution in [3.63, 3.8) is 0 Å². The van der Waals surface area contributed by atoms with Crippen molar-refractivity contribution in [2.24, 2.45) is 0 Å². The van der Waals surface area contributed by atoms with Gasteiger partial charge in [-0.15, -0.1) is 0 Å². The van der Waals surface area contributed by atoms with E-state index in [0.717, 1.165) is 39.1 Å². The molecule has 1 fully saturated rings. The van der Waals surface area contributed by atoms with Crippen LogP contribution in [0, 0.1) is 5.82 Å². The molecule has 1 aliphatic heterocycles. The normalized spacial score (nSPS) is 14.5. The Kier molecular flexibility index (Phi) is 7.43. The van der Waals surface area contributed by atoms with Gasteiger partial charge in [0.2, 0.25) is 0 Å². The second-order valence-corrected chi connectivity index (χ2v) is 7.23. The lowest BCUT2D eigenvalue weighted by atomic mass is 10.2. The van der Waals surface area contributed by atoms with E-state index in [4.69, 9.17) is 11.6 Å². The van der Waals surface area contributed by atoms with Crippen molar-refractivity contribution in [2.75, 3.05) is 49.5 Å². The fourth-order valence-corrected chi connectivity index (χ4v) is 3.43. The van der Waals surface area contributed by atoms with Crippen LogP contribution in [0.25, 0.3) is 0 Å². The molecule has 0 atom stereocenters. The maximum Gasteiger partial charge on any atom is 0.313 e. The molecule has 2 amide bonds. The van der Waals surface area contributed by atoms with Crippen LogP contribution in [0.15, 0.2) is 48.5 Å². The van der Waals surface area contributed by atoms with Crippen LogP contribution in [-0.4, -0.2) is 56.0 Å². The standard InChI is InChI=1S/C21H24ClFN4O2/c22-16-6-1-3-8-18(16)25-21(29)20(28)24-10-5-11-26-12-14-27(15-13-26)19-9-4-2-7-17(19)23/h1-4,6-9H,5,10-15H2,(H,24,28)(H,25,29). The van der Waals surface area contributed by atoms with Crippen LogP contribution in [0.1, 0.15) is 6.42 Å². The lowest BCUT2D eigenvalue weighted by molar-refractivity contribution is -0.136. The van der Waals surface area contributed by atoms with Crippen LogP contribution in [0.4, 0.5) is 15.8 Å². The van der Waals surface area contributed by atoms with Gasteiger partial charge in [-0.2, -0.15) is 0 Å². The third-order valence-corrected chi connectivity index (χ3v) is 5.16. The van der Waals surface area contributed by atoms with Gasteiger partial charge in [-0.1, -0.05) is 35.9 Å². The van der Waals surface area contributed by atoms with Crippen molar-refractivity contribution in [3.8, 4) is 0 Å². The molecule has 0 aromatic heterocycles. The number of anilines is 2. The average Bonchev–Trinajstić information content (AvgIpc) is 2.73. The molecule has 1 aliphatic rings. The van der Waals surface area contributed by atoms with Gasteiger partial charge in [0.1, 0.15) is 5.82 Å². The molecule has 2 aromatic rings. The molecule has 0 aliphatic carbocycles. The van der Waals surface area contributed by atoms with Crippen LogP contribution < -0.4 is 15.5 Å². The first-order valence-corrected chi connectivity index (χ1v) is 9.98. The van der Waals surface area contributed by atoms with Crippen LogP contribution in [0.2, 0.25) is 5.02 Å². The zero-order valence-corrected chi connectivity index (χ0v) is 16.8. The first kappa shape index (κ1) is 21.1. The quantitative estimate of drug-likeness (QED) is 0.559. The number of hydrogen-bond donors (Lipinski definition) is 2. The number of carbonyl (C=O) groups is 2. The van der Waals surface area contributed by atoms with Crippen molar-refractivity contribution < 1.29 is 14.0 Å². The number of benzene rings is 2. The first-order chi connectivity index (χ1) is 14.0. The zero-order valence-electron chi connectivity index (χ0n) is 16.0. The molecule has 2 aromatic carbocycles. The highest BCUT2D eigenvalue weighted by atomic mass is 35.5. The SMILES string of the molecule is O=C(NCCCN1CCN(c2ccccc2F)CC1)C(=O)Nc1ccccc1Cl. The largest absolute Gasteiger partial charge is 0.367 e. The number of carbonyl (C=O) groups excluding carboxylic acids is 2. The minimum atomic E-state index is -0.739. The smallest absolute Gasteiger partial charge is 0.313 e. The Balaban J connectivity index is 1.34. The molecule has 2 N–H and O–H groups in total. The van der Waals surface area contributed by atoms with E-state index in [1.807, 2.05) is 11.0 Å². The van der Waals surface area contributed by atoms with Crippen LogP contribution in [0.3, 0.4) is 0 Å². The molecule has 1 saturated heterocycles. The molecule has 3 rings (SSSR count). The Morgan fingerprint density at radius 2 is 1.66 bits per heavy atom. The number of para-hydroxylation sites is 2. The molecule has 0 bridgehead atoms. The molecule has 0 unspecified atom stereocenters. The summed E-state index contributed by atoms with van der Waals surface area (Å²) in [6, 6.07) is 13.6. The predicted octanol–water partition coefficient (Wildman–Crippen LogP) is 2.75. The molecular formula is C21H24ClFN4O2. The third-order valence-electron chi connectivity index (χ3n) is 4.83. The zero-order chi connectivity index (χ0) is 20.6. The van der Waals surface area contributed by atoms with E-state index in [2.05, 4.69) is 15.5 Å². The van der Waals surface area contributed by atoms with Crippen molar-refractivity contribution in [3.05, 3.63) is 59.4 Å². The Hall–Kier alpha value is -2.64. The van der Waals surface area contributed by atoms with E-state index < -0.39 is 11.8 Å². The van der Waals surface area contributed by atoms with Crippen molar-refractivity contribution in [2.45, 2.75) is 6.42 Å². The van der Waals surface area contributed by atoms with Gasteiger partial charge in [0.05, 0.1) is 16.4 Å². The molecule has 0 radical (unpaired) electrons. The maximum absolute atomic E-state index is 13.9. The summed E-state index contributed by atoms with van der Waals surface area (Å²) in [6.45, 7) is 4.38. The molecule has 6 nitrogen and oxygen atoms in total. The van der Waals surface area contributed by atoms with Crippen molar-refractivity contribution >= 4 is 34.8 Å². The second-order valence-electron chi connectivity index (χ2n) is 6.82. The minimum Gasteiger partial charge on any atom is -0.367 e. The van der Waals surface area contributed by atoms with Gasteiger partial charge >= 0.3 is 11.8 Å². The average molecular weight is 419 g/mol. The molecule has 0 spiro atoms. The van der Waals surface area contributed by atoms with E-state index in [1.54, 1.807) is 36.4 Å². The second kappa shape index (κ2) is 10.2. The van der Waals surface area contributed by atoms with Gasteiger partial charge < -0.3 is 15.5 Å². The van der Waals surface area contributed by atoms with Crippen molar-refractivity contribution in [1.29, 1.82) is 0 Å². The number of nitrogens with zero attached hydrogens (tertiary/aromatic N) is 2. The lowest BCUT2D eigenvalue weighted by Gasteiger charge is -2.36. The molecule has 29 heavy (non-hydrogen) atoms. The highest BCUT2D eigenvalue weighted by Gasteiger charge is 2.19. The number of rotatable bonds is 6. The Morgan fingerprint density at radius 3 is 2.38 bits per heavy atom. The first-order valence-electron chi connectivity index (χ1n) is 9.60. The summed E-state index contributed by atoms with van der Waals surface area (Å²) >= 11 is 5.97. The number of hydrogen-bond acceptors (Lipinski definition) is 4. The number of nitrogens with one attached hydrogen (secondary N) is 2. The fraction of sp³-hybridized carbons (Fsp3) is 0.333. The van der Waals surface area contributed by atoms with E-state index in [9.17, 15) is 14.0 Å². The van der Waals surface area contributed by atoms with Crippen LogP contribution in [-0.2, 0) is 9.59 Å². The lowest BCUT2D eigenvalue weighted by Crippen LogP contribution is -2.47. The van der Waals surface area contributed by atoms with Gasteiger partial charge in [-0.05, 0) is 37.2 Å². The van der Waals surface area contributed by atoms with E-state index >= 15 is 0 Å². The summed E-state index contributed by atoms with van der Waals surface area (Å²) in [4.78, 5) is 28.2. The molecule has 0 saturated carbocycles. The summed E-state index contributed by atoms with van der Waals surface area (Å²) in [7, 11) is 0. The Bertz CT molecular complexity index is 856. The Morgan fingerprint density at radius 1 is 0.966 bits per heavy atom. The predicted molar refractivity (Wildman–Crippen MR) is 113 cm³/mol. The van der Waals surface area contributed by atoms with Gasteiger partial charge in [-0.3, -0.25) is 14.5 Å². The summed E-state index contributed by atoms with van der Waals surface area (Å²) in [5.74, 6) is -1.62. The van der Waals surface area contributed by atoms with Crippen LogP contribution in [0.5, 0.6) is 0 Å². The Labute approximate surface area is 174 Å². The molecule has 8 heteroatoms. The summed E-state index contributed by atoms with van der Waals surface area (Å²) in [5.41, 5.74) is 1.05. The van der Waals surface area contributed by atoms with E-state index in [-0.39, 0.29) is 5.82 Å². The molecular weight excluding hydrogens is 395 g/mol. The monoisotopic (exact) mass is 418 g/mol. The minimum absolute atomic E-state index is 0.196. The summed E-state index contributed by atoms with van der Waals surface area (Å²) < 4.78 is 13.9. The fourth-order valence-electron chi connectivity index (χ4n) is 3.25. The number of piperazine rings is 1. The van der Waals surface area contributed by atoms with Gasteiger partial charge in [-0.25, -0.2) is 4.39 Å². The highest BCUT2D eigenvalue weighted by molar-refractivity contribution is 6.41. The van der Waals surface area contributed by atoms with Gasteiger partial charge in [0.15, 0.2) is 0 Å². The summed E-state index contributed by atoms with van der Waals surface area (Å²) in [5, 5.41) is 5.50. The third kappa shape index (κ3) is 5.92. The van der Waals surface area contributed by atoms with Gasteiger partial charge in [0, 0.05) is 32.7 Å². The van der Waals surface area contributed by atoms with E-state index in [1.165, 1.54) is 6.07 Å². The molecule has 154 valence electrons.